The summed E-state index contributed by atoms with van der Waals surface area (Å²) in [4.78, 5) is 17.1. The maximum atomic E-state index is 14.1. The first-order chi connectivity index (χ1) is 22.9. The summed E-state index contributed by atoms with van der Waals surface area (Å²) in [5, 5.41) is 11.1. The van der Waals surface area contributed by atoms with Crippen molar-refractivity contribution in [1.82, 2.24) is 24.3 Å². The second-order valence-corrected chi connectivity index (χ2v) is 14.6. The number of fused-ring (bicyclic) bond motifs is 3. The lowest BCUT2D eigenvalue weighted by Gasteiger charge is -2.25. The summed E-state index contributed by atoms with van der Waals surface area (Å²) >= 11 is 7.62. The predicted molar refractivity (Wildman–Crippen MR) is 176 cm³/mol. The number of ether oxygens (including phenoxy) is 3. The Morgan fingerprint density at radius 2 is 2.02 bits per heavy atom. The van der Waals surface area contributed by atoms with Crippen molar-refractivity contribution >= 4 is 60.0 Å². The average molecular weight is 720 g/mol. The number of rotatable bonds is 10. The molecular weight excluding hydrogens is 688 g/mol. The van der Waals surface area contributed by atoms with E-state index >= 15 is 0 Å². The fraction of sp³-hybridized carbons (Fsp3) is 0.375. The van der Waals surface area contributed by atoms with Crippen LogP contribution in [0.3, 0.4) is 0 Å². The molecule has 254 valence electrons. The van der Waals surface area contributed by atoms with Gasteiger partial charge in [0.1, 0.15) is 22.0 Å². The van der Waals surface area contributed by atoms with E-state index in [1.54, 1.807) is 20.9 Å². The highest BCUT2D eigenvalue weighted by Crippen LogP contribution is 2.41. The molecule has 11 nitrogen and oxygen atoms in total. The van der Waals surface area contributed by atoms with Gasteiger partial charge in [-0.05, 0) is 77.6 Å². The highest BCUT2D eigenvalue weighted by atomic mass is 35.5. The first kappa shape index (κ1) is 34.0. The average Bonchev–Trinajstić information content (AvgIpc) is 3.66. The molecule has 1 aliphatic heterocycles. The number of pyridine rings is 1. The van der Waals surface area contributed by atoms with Crippen molar-refractivity contribution in [2.75, 3.05) is 13.2 Å². The van der Waals surface area contributed by atoms with Crippen LogP contribution in [0, 0.1) is 6.92 Å². The minimum Gasteiger partial charge on any atom is -0.472 e. The van der Waals surface area contributed by atoms with E-state index in [1.165, 1.54) is 38.7 Å². The Morgan fingerprint density at radius 1 is 1.23 bits per heavy atom. The standard InChI is InChI=1S/C32H32ClF2N5O6S2/c1-5-22-16-40(48(42,43)26-11-21(33)14-36-31(26)45-22)15-20-10-19(9-18-7-8-47-30(18)20)24(13-27(41)44-6-2)23-12-25(46-32(34)35)29-28(17(23)3)37-38-39(29)4/h7-12,14,22,24,32H,5-6,13,15-16H2,1-4H3/t22-,24?/m1/s1. The van der Waals surface area contributed by atoms with Crippen LogP contribution in [0.25, 0.3) is 21.1 Å². The molecule has 0 amide bonds. The van der Waals surface area contributed by atoms with Gasteiger partial charge in [-0.3, -0.25) is 4.79 Å². The van der Waals surface area contributed by atoms with Crippen molar-refractivity contribution in [3.05, 3.63) is 69.2 Å². The third kappa shape index (κ3) is 6.43. The van der Waals surface area contributed by atoms with Gasteiger partial charge < -0.3 is 14.2 Å². The van der Waals surface area contributed by atoms with Crippen LogP contribution in [0.1, 0.15) is 54.9 Å². The Morgan fingerprint density at radius 3 is 2.75 bits per heavy atom. The lowest BCUT2D eigenvalue weighted by atomic mass is 9.84. The van der Waals surface area contributed by atoms with Crippen molar-refractivity contribution in [2.45, 2.75) is 63.7 Å². The summed E-state index contributed by atoms with van der Waals surface area (Å²) in [5.74, 6) is -1.33. The fourth-order valence-corrected chi connectivity index (χ4v) is 8.73. The number of carbonyl (C=O) groups is 1. The van der Waals surface area contributed by atoms with Crippen LogP contribution in [0.4, 0.5) is 8.78 Å². The van der Waals surface area contributed by atoms with Gasteiger partial charge in [0.15, 0.2) is 5.75 Å². The van der Waals surface area contributed by atoms with Crippen molar-refractivity contribution in [3.63, 3.8) is 0 Å². The molecule has 0 aliphatic carbocycles. The molecule has 0 saturated heterocycles. The lowest BCUT2D eigenvalue weighted by Crippen LogP contribution is -2.36. The largest absolute Gasteiger partial charge is 0.472 e. The van der Waals surface area contributed by atoms with Gasteiger partial charge in [-0.1, -0.05) is 29.8 Å². The molecule has 0 N–H and O–H groups in total. The number of nitrogens with zero attached hydrogens (tertiary/aromatic N) is 5. The molecule has 0 radical (unpaired) electrons. The second kappa shape index (κ2) is 13.5. The number of thiophene rings is 1. The van der Waals surface area contributed by atoms with Gasteiger partial charge in [0.25, 0.3) is 0 Å². The number of benzene rings is 2. The molecule has 2 atom stereocenters. The normalized spacial score (nSPS) is 16.9. The maximum Gasteiger partial charge on any atom is 0.387 e. The van der Waals surface area contributed by atoms with Crippen LogP contribution in [0.5, 0.6) is 11.6 Å². The molecule has 0 spiro atoms. The Bertz CT molecular complexity index is 2120. The summed E-state index contributed by atoms with van der Waals surface area (Å²) < 4.78 is 75.2. The van der Waals surface area contributed by atoms with Crippen molar-refractivity contribution < 1.29 is 36.2 Å². The van der Waals surface area contributed by atoms with Crippen LogP contribution in [0.15, 0.2) is 46.8 Å². The molecule has 1 aliphatic rings. The zero-order valence-corrected chi connectivity index (χ0v) is 28.8. The van der Waals surface area contributed by atoms with Crippen molar-refractivity contribution in [2.24, 2.45) is 7.05 Å². The molecule has 0 saturated carbocycles. The third-order valence-electron chi connectivity index (χ3n) is 8.35. The number of alkyl halides is 2. The van der Waals surface area contributed by atoms with Gasteiger partial charge in [0, 0.05) is 30.4 Å². The predicted octanol–water partition coefficient (Wildman–Crippen LogP) is 6.59. The van der Waals surface area contributed by atoms with Crippen LogP contribution < -0.4 is 9.47 Å². The molecule has 5 aromatic rings. The van der Waals surface area contributed by atoms with Gasteiger partial charge in [0.05, 0.1) is 24.6 Å². The van der Waals surface area contributed by atoms with Gasteiger partial charge in [-0.25, -0.2) is 18.1 Å². The van der Waals surface area contributed by atoms with E-state index < -0.39 is 34.6 Å². The summed E-state index contributed by atoms with van der Waals surface area (Å²) in [6.07, 6.45) is 1.27. The summed E-state index contributed by atoms with van der Waals surface area (Å²) in [6.45, 7) is 2.46. The van der Waals surface area contributed by atoms with Gasteiger partial charge in [0.2, 0.25) is 15.9 Å². The molecule has 0 fully saturated rings. The molecule has 6 rings (SSSR count). The van der Waals surface area contributed by atoms with Gasteiger partial charge in [-0.2, -0.15) is 13.1 Å². The molecule has 0 bridgehead atoms. The van der Waals surface area contributed by atoms with E-state index in [4.69, 9.17) is 25.8 Å². The highest BCUT2D eigenvalue weighted by Gasteiger charge is 2.36. The molecular formula is C32H32ClF2N5O6S2. The molecule has 48 heavy (non-hydrogen) atoms. The van der Waals surface area contributed by atoms with Gasteiger partial charge >= 0.3 is 12.6 Å². The zero-order chi connectivity index (χ0) is 34.3. The van der Waals surface area contributed by atoms with E-state index in [9.17, 15) is 22.0 Å². The molecule has 16 heteroatoms. The second-order valence-electron chi connectivity index (χ2n) is 11.4. The zero-order valence-electron chi connectivity index (χ0n) is 26.4. The Hall–Kier alpha value is -3.92. The first-order valence-electron chi connectivity index (χ1n) is 15.2. The number of carbonyl (C=O) groups excluding carboxylic acids is 1. The van der Waals surface area contributed by atoms with E-state index in [2.05, 4.69) is 15.3 Å². The van der Waals surface area contributed by atoms with Gasteiger partial charge in [-0.15, -0.1) is 16.4 Å². The Kier molecular flexibility index (Phi) is 9.57. The number of aromatic nitrogens is 4. The van der Waals surface area contributed by atoms with E-state index in [0.717, 1.165) is 10.1 Å². The topological polar surface area (TPSA) is 126 Å². The quantitative estimate of drug-likeness (QED) is 0.147. The van der Waals surface area contributed by atoms with Crippen LogP contribution >= 0.6 is 22.9 Å². The highest BCUT2D eigenvalue weighted by molar-refractivity contribution is 7.89. The van der Waals surface area contributed by atoms with Crippen LogP contribution in [-0.2, 0) is 33.1 Å². The lowest BCUT2D eigenvalue weighted by molar-refractivity contribution is -0.143. The molecule has 1 unspecified atom stereocenters. The monoisotopic (exact) mass is 719 g/mol. The molecule has 3 aromatic heterocycles. The number of aryl methyl sites for hydroxylation is 2. The van der Waals surface area contributed by atoms with E-state index in [0.29, 0.717) is 34.2 Å². The van der Waals surface area contributed by atoms with E-state index in [-0.39, 0.29) is 53.2 Å². The number of halogens is 3. The van der Waals surface area contributed by atoms with Crippen molar-refractivity contribution in [1.29, 1.82) is 0 Å². The minimum absolute atomic E-state index is 0.00466. The summed E-state index contributed by atoms with van der Waals surface area (Å²) in [7, 11) is -2.53. The summed E-state index contributed by atoms with van der Waals surface area (Å²) in [5.41, 5.74) is 3.12. The SMILES string of the molecule is CCOC(=O)CC(c1cc(CN2C[C@@H](CC)Oc3ncc(Cl)cc3S2(=O)=O)c2sccc2c1)c1cc(OC(F)F)c2c(nnn2C)c1C. The number of hydrogen-bond acceptors (Lipinski definition) is 10. The molecule has 2 aromatic carbocycles. The van der Waals surface area contributed by atoms with Crippen LogP contribution in [-0.4, -0.2) is 64.5 Å². The maximum absolute atomic E-state index is 14.1. The first-order valence-corrected chi connectivity index (χ1v) is 17.9. The minimum atomic E-state index is -4.11. The Labute approximate surface area is 284 Å². The smallest absolute Gasteiger partial charge is 0.387 e. The number of sulfonamides is 1. The Balaban J connectivity index is 1.51. The summed E-state index contributed by atoms with van der Waals surface area (Å²) in [6, 6.07) is 8.51. The number of esters is 1. The fourth-order valence-electron chi connectivity index (χ4n) is 6.08. The van der Waals surface area contributed by atoms with Crippen LogP contribution in [0.2, 0.25) is 5.02 Å². The number of hydrogen-bond donors (Lipinski definition) is 0. The third-order valence-corrected chi connectivity index (χ3v) is 11.4. The molecule has 4 heterocycles. The van der Waals surface area contributed by atoms with E-state index in [1.807, 2.05) is 30.5 Å². The van der Waals surface area contributed by atoms with Crippen molar-refractivity contribution in [3.8, 4) is 11.6 Å².